The Hall–Kier alpha value is -0.130. The van der Waals surface area contributed by atoms with Gasteiger partial charge < -0.3 is 9.47 Å². The van der Waals surface area contributed by atoms with E-state index in [2.05, 4.69) is 6.92 Å². The lowest BCUT2D eigenvalue weighted by atomic mass is 10.3. The Morgan fingerprint density at radius 3 is 2.00 bits per heavy atom. The van der Waals surface area contributed by atoms with Gasteiger partial charge in [-0.05, 0) is 20.3 Å². The van der Waals surface area contributed by atoms with Crippen LogP contribution >= 0.6 is 0 Å². The van der Waals surface area contributed by atoms with Crippen LogP contribution in [0.2, 0.25) is 0 Å². The van der Waals surface area contributed by atoms with Crippen molar-refractivity contribution in [2.24, 2.45) is 0 Å². The number of unbranched alkanes of at least 4 members (excludes halogenated alkanes) is 2. The summed E-state index contributed by atoms with van der Waals surface area (Å²) < 4.78 is 34.0. The molecule has 5 heteroatoms. The molecule has 0 rings (SSSR count). The van der Waals surface area contributed by atoms with Crippen LogP contribution in [0.4, 0.5) is 0 Å². The van der Waals surface area contributed by atoms with Crippen LogP contribution in [0.1, 0.15) is 46.5 Å². The van der Waals surface area contributed by atoms with E-state index in [0.717, 1.165) is 19.3 Å². The molecule has 0 aliphatic heterocycles. The van der Waals surface area contributed by atoms with E-state index in [1.165, 1.54) is 0 Å². The normalized spacial score (nSPS) is 12.2. The van der Waals surface area contributed by atoms with Crippen molar-refractivity contribution in [2.45, 2.75) is 52.7 Å². The highest BCUT2D eigenvalue weighted by Crippen LogP contribution is 2.07. The summed E-state index contributed by atoms with van der Waals surface area (Å²) in [6.45, 7) is 6.90. The fraction of sp³-hybridized carbons (Fsp3) is 1.00. The van der Waals surface area contributed by atoms with Gasteiger partial charge in [0, 0.05) is 19.6 Å². The van der Waals surface area contributed by atoms with Gasteiger partial charge in [-0.1, -0.05) is 19.8 Å². The maximum Gasteiger partial charge on any atom is 0.158 e. The first-order chi connectivity index (χ1) is 8.05. The van der Waals surface area contributed by atoms with Crippen LogP contribution in [0.15, 0.2) is 0 Å². The molecule has 0 saturated carbocycles. The van der Waals surface area contributed by atoms with Gasteiger partial charge in [-0.25, -0.2) is 8.42 Å². The molecule has 4 nitrogen and oxygen atoms in total. The zero-order valence-electron chi connectivity index (χ0n) is 11.3. The Kier molecular flexibility index (Phi) is 9.78. The standard InChI is InChI=1S/C12H26O4S/c1-4-7-8-10-17(13,14)11-9-12(15-5-2)16-6-3/h12H,4-11H2,1-3H3. The molecule has 0 radical (unpaired) electrons. The van der Waals surface area contributed by atoms with Gasteiger partial charge in [0.05, 0.1) is 11.5 Å². The molecule has 0 aliphatic rings. The maximum atomic E-state index is 11.7. The van der Waals surface area contributed by atoms with Crippen LogP contribution in [0.3, 0.4) is 0 Å². The average Bonchev–Trinajstić information content (AvgIpc) is 2.27. The highest BCUT2D eigenvalue weighted by molar-refractivity contribution is 7.91. The van der Waals surface area contributed by atoms with Gasteiger partial charge in [-0.15, -0.1) is 0 Å². The first kappa shape index (κ1) is 16.9. The Bertz CT molecular complexity index is 256. The van der Waals surface area contributed by atoms with Crippen molar-refractivity contribution in [2.75, 3.05) is 24.7 Å². The predicted octanol–water partition coefficient (Wildman–Crippen LogP) is 2.38. The lowest BCUT2D eigenvalue weighted by molar-refractivity contribution is -0.136. The zero-order valence-corrected chi connectivity index (χ0v) is 12.1. The largest absolute Gasteiger partial charge is 0.353 e. The number of hydrogen-bond acceptors (Lipinski definition) is 4. The summed E-state index contributed by atoms with van der Waals surface area (Å²) in [6.07, 6.45) is 2.81. The molecule has 0 atom stereocenters. The molecule has 104 valence electrons. The van der Waals surface area contributed by atoms with Crippen molar-refractivity contribution in [3.05, 3.63) is 0 Å². The second kappa shape index (κ2) is 9.85. The molecule has 0 aliphatic carbocycles. The molecule has 0 aromatic heterocycles. The van der Waals surface area contributed by atoms with Gasteiger partial charge >= 0.3 is 0 Å². The Morgan fingerprint density at radius 1 is 0.941 bits per heavy atom. The van der Waals surface area contributed by atoms with Crippen molar-refractivity contribution in [3.8, 4) is 0 Å². The Balaban J connectivity index is 3.95. The summed E-state index contributed by atoms with van der Waals surface area (Å²) in [5, 5.41) is 0. The highest BCUT2D eigenvalue weighted by atomic mass is 32.2. The monoisotopic (exact) mass is 266 g/mol. The summed E-state index contributed by atoms with van der Waals surface area (Å²) in [4.78, 5) is 0. The Morgan fingerprint density at radius 2 is 1.53 bits per heavy atom. The van der Waals surface area contributed by atoms with Crippen LogP contribution in [-0.4, -0.2) is 39.4 Å². The molecule has 0 amide bonds. The molecule has 17 heavy (non-hydrogen) atoms. The van der Waals surface area contributed by atoms with Gasteiger partial charge in [-0.2, -0.15) is 0 Å². The molecule has 0 spiro atoms. The molecule has 0 unspecified atom stereocenters. The van der Waals surface area contributed by atoms with Gasteiger partial charge in [0.2, 0.25) is 0 Å². The Labute approximate surface area is 106 Å². The number of hydrogen-bond donors (Lipinski definition) is 0. The summed E-state index contributed by atoms with van der Waals surface area (Å²) >= 11 is 0. The van der Waals surface area contributed by atoms with Crippen molar-refractivity contribution >= 4 is 9.84 Å². The summed E-state index contributed by atoms with van der Waals surface area (Å²) in [6, 6.07) is 0. The molecular formula is C12H26O4S. The SMILES string of the molecule is CCCCCS(=O)(=O)CCC(OCC)OCC. The molecular weight excluding hydrogens is 240 g/mol. The van der Waals surface area contributed by atoms with Crippen LogP contribution in [0.5, 0.6) is 0 Å². The fourth-order valence-corrected chi connectivity index (χ4v) is 2.94. The summed E-state index contributed by atoms with van der Waals surface area (Å²) in [5.74, 6) is 0.438. The van der Waals surface area contributed by atoms with E-state index in [1.54, 1.807) is 0 Å². The third-order valence-corrected chi connectivity index (χ3v) is 4.20. The molecule has 0 aromatic carbocycles. The minimum Gasteiger partial charge on any atom is -0.353 e. The molecule has 0 heterocycles. The lowest BCUT2D eigenvalue weighted by Crippen LogP contribution is -2.22. The van der Waals surface area contributed by atoms with Crippen molar-refractivity contribution in [1.82, 2.24) is 0 Å². The van der Waals surface area contributed by atoms with Crippen LogP contribution in [0.25, 0.3) is 0 Å². The number of ether oxygens (including phenoxy) is 2. The minimum absolute atomic E-state index is 0.154. The third-order valence-electron chi connectivity index (χ3n) is 2.43. The van der Waals surface area contributed by atoms with E-state index >= 15 is 0 Å². The van der Waals surface area contributed by atoms with E-state index < -0.39 is 9.84 Å². The van der Waals surface area contributed by atoms with Gasteiger partial charge in [0.25, 0.3) is 0 Å². The summed E-state index contributed by atoms with van der Waals surface area (Å²) in [5.41, 5.74) is 0. The predicted molar refractivity (Wildman–Crippen MR) is 69.8 cm³/mol. The molecule has 0 N–H and O–H groups in total. The maximum absolute atomic E-state index is 11.7. The van der Waals surface area contributed by atoms with Gasteiger partial charge in [-0.3, -0.25) is 0 Å². The van der Waals surface area contributed by atoms with E-state index in [-0.39, 0.29) is 17.8 Å². The minimum atomic E-state index is -2.95. The van der Waals surface area contributed by atoms with Crippen LogP contribution < -0.4 is 0 Å². The molecule has 0 aromatic rings. The van der Waals surface area contributed by atoms with Gasteiger partial charge in [0.15, 0.2) is 16.1 Å². The van der Waals surface area contributed by atoms with E-state index in [0.29, 0.717) is 19.6 Å². The highest BCUT2D eigenvalue weighted by Gasteiger charge is 2.15. The third kappa shape index (κ3) is 9.56. The van der Waals surface area contributed by atoms with Crippen LogP contribution in [-0.2, 0) is 19.3 Å². The topological polar surface area (TPSA) is 52.6 Å². The second-order valence-corrected chi connectivity index (χ2v) is 6.29. The van der Waals surface area contributed by atoms with Gasteiger partial charge in [0.1, 0.15) is 0 Å². The second-order valence-electron chi connectivity index (χ2n) is 3.99. The zero-order chi connectivity index (χ0) is 13.1. The first-order valence-corrected chi connectivity index (χ1v) is 8.31. The lowest BCUT2D eigenvalue weighted by Gasteiger charge is -2.16. The first-order valence-electron chi connectivity index (χ1n) is 6.49. The van der Waals surface area contributed by atoms with E-state index in [4.69, 9.17) is 9.47 Å². The van der Waals surface area contributed by atoms with Crippen molar-refractivity contribution < 1.29 is 17.9 Å². The smallest absolute Gasteiger partial charge is 0.158 e. The quantitative estimate of drug-likeness (QED) is 0.425. The van der Waals surface area contributed by atoms with E-state index in [1.807, 2.05) is 13.8 Å². The fourth-order valence-electron chi connectivity index (χ4n) is 1.54. The average molecular weight is 266 g/mol. The summed E-state index contributed by atoms with van der Waals surface area (Å²) in [7, 11) is -2.95. The van der Waals surface area contributed by atoms with Crippen molar-refractivity contribution in [3.63, 3.8) is 0 Å². The molecule has 0 saturated heterocycles. The number of rotatable bonds is 11. The van der Waals surface area contributed by atoms with Crippen molar-refractivity contribution in [1.29, 1.82) is 0 Å². The molecule has 0 bridgehead atoms. The number of sulfone groups is 1. The molecule has 0 fully saturated rings. The van der Waals surface area contributed by atoms with Crippen LogP contribution in [0, 0.1) is 0 Å². The van der Waals surface area contributed by atoms with E-state index in [9.17, 15) is 8.42 Å².